The molecule has 4 aromatic rings. The van der Waals surface area contributed by atoms with Gasteiger partial charge < -0.3 is 9.84 Å². The van der Waals surface area contributed by atoms with Crippen LogP contribution < -0.4 is 10.4 Å². The molecule has 1 aromatic heterocycles. The second kappa shape index (κ2) is 8.59. The molecule has 4 rings (SSSR count). The number of nitrogens with zero attached hydrogens (tertiary/aromatic N) is 2. The molecule has 0 atom stereocenters. The first-order valence-corrected chi connectivity index (χ1v) is 9.63. The highest BCUT2D eigenvalue weighted by Gasteiger charge is 2.17. The lowest BCUT2D eigenvalue weighted by atomic mass is 10.1. The number of carbonyl (C=O) groups is 1. The molecular weight excluding hydrogens is 392 g/mol. The number of hydrogen-bond acceptors (Lipinski definition) is 4. The summed E-state index contributed by atoms with van der Waals surface area (Å²) >= 11 is 0. The van der Waals surface area contributed by atoms with E-state index in [1.807, 2.05) is 60.7 Å². The second-order valence-electron chi connectivity index (χ2n) is 6.81. The van der Waals surface area contributed by atoms with Crippen LogP contribution in [0.15, 0.2) is 95.9 Å². The molecule has 0 saturated heterocycles. The van der Waals surface area contributed by atoms with Gasteiger partial charge in [-0.15, -0.1) is 0 Å². The van der Waals surface area contributed by atoms with Crippen molar-refractivity contribution in [2.75, 3.05) is 7.11 Å². The molecule has 0 amide bonds. The molecule has 1 heterocycles. The minimum absolute atomic E-state index is 0.00892. The van der Waals surface area contributed by atoms with Crippen molar-refractivity contribution in [3.05, 3.63) is 107 Å². The van der Waals surface area contributed by atoms with E-state index in [0.29, 0.717) is 22.7 Å². The Balaban J connectivity index is 1.76. The van der Waals surface area contributed by atoms with Crippen molar-refractivity contribution >= 4 is 12.0 Å². The topological polar surface area (TPSA) is 73.5 Å². The zero-order chi connectivity index (χ0) is 21.8. The number of allylic oxidation sites excluding steroid dienone is 1. The molecular formula is C25H20N2O4. The number of ether oxygens (including phenoxy) is 1. The monoisotopic (exact) mass is 412 g/mol. The zero-order valence-corrected chi connectivity index (χ0v) is 16.8. The number of aromatic hydroxyl groups is 1. The molecule has 154 valence electrons. The van der Waals surface area contributed by atoms with Crippen molar-refractivity contribution in [3.63, 3.8) is 0 Å². The van der Waals surface area contributed by atoms with Crippen LogP contribution in [-0.2, 0) is 0 Å². The van der Waals surface area contributed by atoms with Gasteiger partial charge in [-0.05, 0) is 35.9 Å². The SMILES string of the molecule is COc1cc(/C=C/C(=O)n2cc(-c3ccccc3)n(-c3ccccc3)c2=O)ccc1O. The molecule has 0 aliphatic heterocycles. The third kappa shape index (κ3) is 4.04. The average molecular weight is 412 g/mol. The fourth-order valence-corrected chi connectivity index (χ4v) is 3.29. The molecule has 1 N–H and O–H groups in total. The number of aromatic nitrogens is 2. The lowest BCUT2D eigenvalue weighted by Crippen LogP contribution is -2.27. The maximum atomic E-state index is 13.2. The molecule has 0 aliphatic rings. The summed E-state index contributed by atoms with van der Waals surface area (Å²) in [6, 6.07) is 23.4. The van der Waals surface area contributed by atoms with E-state index in [9.17, 15) is 14.7 Å². The Morgan fingerprint density at radius 1 is 0.968 bits per heavy atom. The Hall–Kier alpha value is -4.32. The third-order valence-electron chi connectivity index (χ3n) is 4.83. The molecule has 0 fully saturated rings. The van der Waals surface area contributed by atoms with Gasteiger partial charge in [0.25, 0.3) is 5.91 Å². The number of rotatable bonds is 5. The molecule has 0 spiro atoms. The van der Waals surface area contributed by atoms with Crippen molar-refractivity contribution in [1.29, 1.82) is 0 Å². The normalized spacial score (nSPS) is 11.0. The first kappa shape index (κ1) is 20.0. The maximum Gasteiger partial charge on any atom is 0.340 e. The lowest BCUT2D eigenvalue weighted by molar-refractivity contribution is 0.0965. The van der Waals surface area contributed by atoms with Gasteiger partial charge >= 0.3 is 5.69 Å². The Bertz CT molecular complexity index is 1300. The molecule has 6 heteroatoms. The number of benzene rings is 3. The van der Waals surface area contributed by atoms with E-state index in [4.69, 9.17) is 4.74 Å². The summed E-state index contributed by atoms with van der Waals surface area (Å²) in [6.07, 6.45) is 4.44. The molecule has 0 unspecified atom stereocenters. The molecule has 6 nitrogen and oxygen atoms in total. The van der Waals surface area contributed by atoms with E-state index in [2.05, 4.69) is 0 Å². The van der Waals surface area contributed by atoms with Crippen LogP contribution in [0.2, 0.25) is 0 Å². The van der Waals surface area contributed by atoms with Gasteiger partial charge in [-0.25, -0.2) is 9.36 Å². The Morgan fingerprint density at radius 2 is 1.65 bits per heavy atom. The van der Waals surface area contributed by atoms with Crippen LogP contribution in [0.3, 0.4) is 0 Å². The lowest BCUT2D eigenvalue weighted by Gasteiger charge is -2.06. The largest absolute Gasteiger partial charge is 0.504 e. The fraction of sp³-hybridized carbons (Fsp3) is 0.0400. The molecule has 0 aliphatic carbocycles. The van der Waals surface area contributed by atoms with Crippen LogP contribution in [-0.4, -0.2) is 27.3 Å². The second-order valence-corrected chi connectivity index (χ2v) is 6.81. The number of para-hydroxylation sites is 1. The van der Waals surface area contributed by atoms with E-state index < -0.39 is 11.6 Å². The standard InChI is InChI=1S/C25H20N2O4/c1-31-23-16-18(12-14-22(23)28)13-15-24(29)26-17-21(19-8-4-2-5-9-19)27(25(26)30)20-10-6-3-7-11-20/h2-17,28H,1H3/b15-13+. The van der Waals surface area contributed by atoms with Crippen molar-refractivity contribution in [1.82, 2.24) is 9.13 Å². The van der Waals surface area contributed by atoms with Gasteiger partial charge in [0.15, 0.2) is 11.5 Å². The first-order chi connectivity index (χ1) is 15.1. The summed E-state index contributed by atoms with van der Waals surface area (Å²) in [6.45, 7) is 0. The average Bonchev–Trinajstić information content (AvgIpc) is 3.16. The highest BCUT2D eigenvalue weighted by atomic mass is 16.5. The smallest absolute Gasteiger partial charge is 0.340 e. The van der Waals surface area contributed by atoms with Gasteiger partial charge in [-0.2, -0.15) is 0 Å². The van der Waals surface area contributed by atoms with Crippen molar-refractivity contribution < 1.29 is 14.6 Å². The molecule has 0 saturated carbocycles. The van der Waals surface area contributed by atoms with Crippen LogP contribution in [0.4, 0.5) is 0 Å². The van der Waals surface area contributed by atoms with Crippen LogP contribution in [0.1, 0.15) is 10.4 Å². The van der Waals surface area contributed by atoms with Crippen molar-refractivity contribution in [2.24, 2.45) is 0 Å². The number of methoxy groups -OCH3 is 1. The summed E-state index contributed by atoms with van der Waals surface area (Å²) in [4.78, 5) is 26.1. The Morgan fingerprint density at radius 3 is 2.32 bits per heavy atom. The summed E-state index contributed by atoms with van der Waals surface area (Å²) < 4.78 is 7.69. The summed E-state index contributed by atoms with van der Waals surface area (Å²) in [5.41, 5.74) is 2.31. The quantitative estimate of drug-likeness (QED) is 0.494. The number of carbonyl (C=O) groups excluding carboxylic acids is 1. The molecule has 0 radical (unpaired) electrons. The summed E-state index contributed by atoms with van der Waals surface area (Å²) in [7, 11) is 1.45. The van der Waals surface area contributed by atoms with Crippen LogP contribution in [0.5, 0.6) is 11.5 Å². The third-order valence-corrected chi connectivity index (χ3v) is 4.83. The van der Waals surface area contributed by atoms with E-state index in [0.717, 1.165) is 10.1 Å². The van der Waals surface area contributed by atoms with Crippen molar-refractivity contribution in [3.8, 4) is 28.4 Å². The predicted octanol–water partition coefficient (Wildman–Crippen LogP) is 4.37. The Kier molecular flexibility index (Phi) is 5.53. The summed E-state index contributed by atoms with van der Waals surface area (Å²) in [5, 5.41) is 9.71. The predicted molar refractivity (Wildman–Crippen MR) is 120 cm³/mol. The maximum absolute atomic E-state index is 13.2. The summed E-state index contributed by atoms with van der Waals surface area (Å²) in [5.74, 6) is -0.174. The number of hydrogen-bond donors (Lipinski definition) is 1. The molecule has 0 bridgehead atoms. The highest BCUT2D eigenvalue weighted by molar-refractivity contribution is 5.94. The van der Waals surface area contributed by atoms with Crippen LogP contribution in [0, 0.1) is 0 Å². The van der Waals surface area contributed by atoms with E-state index in [1.165, 1.54) is 23.8 Å². The van der Waals surface area contributed by atoms with Gasteiger partial charge in [0, 0.05) is 17.8 Å². The van der Waals surface area contributed by atoms with Gasteiger partial charge in [0.1, 0.15) is 0 Å². The van der Waals surface area contributed by atoms with E-state index in [1.54, 1.807) is 24.4 Å². The number of phenols is 1. The van der Waals surface area contributed by atoms with Gasteiger partial charge in [0.2, 0.25) is 0 Å². The molecule has 3 aromatic carbocycles. The highest BCUT2D eigenvalue weighted by Crippen LogP contribution is 2.27. The van der Waals surface area contributed by atoms with Crippen LogP contribution >= 0.6 is 0 Å². The van der Waals surface area contributed by atoms with Crippen molar-refractivity contribution in [2.45, 2.75) is 0 Å². The first-order valence-electron chi connectivity index (χ1n) is 9.63. The van der Waals surface area contributed by atoms with Gasteiger partial charge in [0.05, 0.1) is 18.5 Å². The number of imidazole rings is 1. The fourth-order valence-electron chi connectivity index (χ4n) is 3.29. The zero-order valence-electron chi connectivity index (χ0n) is 16.8. The van der Waals surface area contributed by atoms with Gasteiger partial charge in [-0.1, -0.05) is 54.6 Å². The van der Waals surface area contributed by atoms with E-state index >= 15 is 0 Å². The van der Waals surface area contributed by atoms with E-state index in [-0.39, 0.29) is 5.75 Å². The van der Waals surface area contributed by atoms with Gasteiger partial charge in [-0.3, -0.25) is 9.36 Å². The molecule has 31 heavy (non-hydrogen) atoms. The minimum Gasteiger partial charge on any atom is -0.504 e. The van der Waals surface area contributed by atoms with Crippen LogP contribution in [0.25, 0.3) is 23.0 Å². The Labute approximate surface area is 178 Å². The minimum atomic E-state index is -0.482. The number of phenolic OH excluding ortho intramolecular Hbond substituents is 1.